The number of ether oxygens (including phenoxy) is 1. The molecule has 2 saturated carbocycles. The Balaban J connectivity index is 1.91. The summed E-state index contributed by atoms with van der Waals surface area (Å²) in [6, 6.07) is 0.133. The monoisotopic (exact) mass is 263 g/mol. The van der Waals surface area contributed by atoms with Gasteiger partial charge in [-0.2, -0.15) is 0 Å². The van der Waals surface area contributed by atoms with E-state index in [9.17, 15) is 9.59 Å². The quantitative estimate of drug-likeness (QED) is 0.757. The predicted octanol–water partition coefficient (Wildman–Crippen LogP) is 1.44. The first-order valence-electron chi connectivity index (χ1n) is 7.46. The zero-order chi connectivity index (χ0) is 13.7. The zero-order valence-corrected chi connectivity index (χ0v) is 11.9. The minimum Gasteiger partial charge on any atom is -0.344 e. The Morgan fingerprint density at radius 1 is 1.26 bits per heavy atom. The molecule has 6 atom stereocenters. The van der Waals surface area contributed by atoms with E-state index in [1.165, 1.54) is 0 Å². The molecule has 19 heavy (non-hydrogen) atoms. The lowest BCUT2D eigenvalue weighted by atomic mass is 9.75. The molecule has 2 aliphatic heterocycles. The molecule has 4 nitrogen and oxygen atoms in total. The number of likely N-dealkylation sites (tertiary alicyclic amines) is 1. The lowest BCUT2D eigenvalue weighted by molar-refractivity contribution is -0.189. The molecule has 4 fully saturated rings. The maximum atomic E-state index is 12.8. The predicted molar refractivity (Wildman–Crippen MR) is 68.0 cm³/mol. The summed E-state index contributed by atoms with van der Waals surface area (Å²) in [5, 5.41) is 0. The summed E-state index contributed by atoms with van der Waals surface area (Å²) in [6.45, 7) is 8.33. The van der Waals surface area contributed by atoms with Crippen LogP contribution in [0, 0.1) is 29.6 Å². The van der Waals surface area contributed by atoms with Gasteiger partial charge in [0.05, 0.1) is 5.92 Å². The van der Waals surface area contributed by atoms with Crippen molar-refractivity contribution in [3.05, 3.63) is 0 Å². The van der Waals surface area contributed by atoms with Gasteiger partial charge in [0.2, 0.25) is 5.91 Å². The first-order valence-corrected chi connectivity index (χ1v) is 7.46. The maximum Gasteiger partial charge on any atom is 0.229 e. The normalized spacial score (nSPS) is 50.4. The van der Waals surface area contributed by atoms with Gasteiger partial charge in [-0.25, -0.2) is 0 Å². The van der Waals surface area contributed by atoms with E-state index >= 15 is 0 Å². The summed E-state index contributed by atoms with van der Waals surface area (Å²) in [7, 11) is 0. The molecule has 6 unspecified atom stereocenters. The Kier molecular flexibility index (Phi) is 2.01. The summed E-state index contributed by atoms with van der Waals surface area (Å²) in [6.07, 6.45) is 0.647. The van der Waals surface area contributed by atoms with Crippen LogP contribution in [0.25, 0.3) is 0 Å². The highest BCUT2D eigenvalue weighted by Gasteiger charge is 2.79. The van der Waals surface area contributed by atoms with E-state index in [1.54, 1.807) is 0 Å². The van der Waals surface area contributed by atoms with Gasteiger partial charge in [-0.1, -0.05) is 13.8 Å². The van der Waals surface area contributed by atoms with Crippen molar-refractivity contribution in [2.45, 2.75) is 52.0 Å². The maximum absolute atomic E-state index is 12.8. The highest BCUT2D eigenvalue weighted by Crippen LogP contribution is 2.68. The van der Waals surface area contributed by atoms with Gasteiger partial charge in [0.25, 0.3) is 0 Å². The first kappa shape index (κ1) is 11.9. The van der Waals surface area contributed by atoms with Crippen LogP contribution in [0.3, 0.4) is 0 Å². The number of rotatable bonds is 2. The number of carbonyl (C=O) groups excluding carboxylic acids is 2. The van der Waals surface area contributed by atoms with E-state index in [0.29, 0.717) is 0 Å². The fourth-order valence-electron chi connectivity index (χ4n) is 5.45. The molecule has 0 N–H and O–H groups in total. The van der Waals surface area contributed by atoms with Crippen molar-refractivity contribution < 1.29 is 14.3 Å². The number of nitrogens with zero attached hydrogens (tertiary/aromatic N) is 1. The minimum absolute atomic E-state index is 0.0584. The Labute approximate surface area is 113 Å². The molecular weight excluding hydrogens is 242 g/mol. The fraction of sp³-hybridized carbons (Fsp3) is 0.867. The molecule has 0 aromatic rings. The van der Waals surface area contributed by atoms with Gasteiger partial charge in [0.1, 0.15) is 6.10 Å². The van der Waals surface area contributed by atoms with E-state index in [0.717, 1.165) is 6.42 Å². The largest absolute Gasteiger partial charge is 0.344 e. The van der Waals surface area contributed by atoms with Crippen LogP contribution in [-0.2, 0) is 14.3 Å². The molecule has 4 aliphatic rings. The van der Waals surface area contributed by atoms with Gasteiger partial charge < -0.3 is 9.64 Å². The van der Waals surface area contributed by atoms with Crippen LogP contribution in [0.4, 0.5) is 0 Å². The molecule has 4 rings (SSSR count). The molecule has 0 aromatic heterocycles. The van der Waals surface area contributed by atoms with Crippen molar-refractivity contribution in [3.8, 4) is 0 Å². The number of amides is 1. The van der Waals surface area contributed by atoms with Crippen molar-refractivity contribution >= 4 is 11.7 Å². The summed E-state index contributed by atoms with van der Waals surface area (Å²) in [5.74, 6) is 0.967. The molecule has 2 heterocycles. The first-order chi connectivity index (χ1) is 8.91. The fourth-order valence-corrected chi connectivity index (χ4v) is 5.45. The van der Waals surface area contributed by atoms with Gasteiger partial charge in [0, 0.05) is 29.7 Å². The van der Waals surface area contributed by atoms with Crippen LogP contribution < -0.4 is 0 Å². The van der Waals surface area contributed by atoms with Gasteiger partial charge in [0.15, 0.2) is 11.5 Å². The highest BCUT2D eigenvalue weighted by atomic mass is 16.5. The smallest absolute Gasteiger partial charge is 0.229 e. The van der Waals surface area contributed by atoms with Crippen LogP contribution in [0.1, 0.15) is 34.1 Å². The second-order valence-electron chi connectivity index (χ2n) is 7.21. The van der Waals surface area contributed by atoms with Crippen molar-refractivity contribution in [2.24, 2.45) is 29.6 Å². The Hall–Kier alpha value is -0.900. The highest BCUT2D eigenvalue weighted by molar-refractivity contribution is 5.98. The van der Waals surface area contributed by atoms with Gasteiger partial charge in [-0.3, -0.25) is 9.59 Å². The van der Waals surface area contributed by atoms with Gasteiger partial charge in [-0.05, 0) is 20.3 Å². The molecule has 4 heteroatoms. The number of ketones is 1. The van der Waals surface area contributed by atoms with Crippen molar-refractivity contribution in [1.82, 2.24) is 4.90 Å². The van der Waals surface area contributed by atoms with Crippen LogP contribution in [0.5, 0.6) is 0 Å². The van der Waals surface area contributed by atoms with E-state index in [-0.39, 0.29) is 53.4 Å². The summed E-state index contributed by atoms with van der Waals surface area (Å²) in [5.41, 5.74) is -0.522. The summed E-state index contributed by atoms with van der Waals surface area (Å²) in [4.78, 5) is 27.1. The van der Waals surface area contributed by atoms with E-state index in [2.05, 4.69) is 13.8 Å². The molecular formula is C15H21NO3. The molecule has 104 valence electrons. The third-order valence-corrected chi connectivity index (χ3v) is 5.88. The van der Waals surface area contributed by atoms with Crippen molar-refractivity contribution in [3.63, 3.8) is 0 Å². The SMILES string of the molecule is CC(C)N1C(=O)C2C3CC4C(OC1(C(C)C)C42)C3=O. The molecule has 0 aromatic carbocycles. The van der Waals surface area contributed by atoms with E-state index < -0.39 is 5.72 Å². The number of hydrogen-bond donors (Lipinski definition) is 0. The van der Waals surface area contributed by atoms with E-state index in [4.69, 9.17) is 4.74 Å². The van der Waals surface area contributed by atoms with Crippen LogP contribution >= 0.6 is 0 Å². The van der Waals surface area contributed by atoms with Gasteiger partial charge in [-0.15, -0.1) is 0 Å². The molecule has 0 radical (unpaired) electrons. The van der Waals surface area contributed by atoms with Crippen molar-refractivity contribution in [2.75, 3.05) is 0 Å². The number of hydrogen-bond acceptors (Lipinski definition) is 3. The third-order valence-electron chi connectivity index (χ3n) is 5.88. The Morgan fingerprint density at radius 2 is 1.95 bits per heavy atom. The van der Waals surface area contributed by atoms with E-state index in [1.807, 2.05) is 18.7 Å². The zero-order valence-electron chi connectivity index (χ0n) is 11.9. The van der Waals surface area contributed by atoms with Crippen LogP contribution in [0.15, 0.2) is 0 Å². The Morgan fingerprint density at radius 3 is 2.53 bits per heavy atom. The molecule has 2 saturated heterocycles. The molecule has 2 bridgehead atoms. The number of carbonyl (C=O) groups is 2. The molecule has 1 amide bonds. The lowest BCUT2D eigenvalue weighted by Crippen LogP contribution is -2.56. The second-order valence-corrected chi connectivity index (χ2v) is 7.21. The van der Waals surface area contributed by atoms with Crippen LogP contribution in [-0.4, -0.2) is 34.5 Å². The van der Waals surface area contributed by atoms with Crippen LogP contribution in [0.2, 0.25) is 0 Å². The summed E-state index contributed by atoms with van der Waals surface area (Å²) < 4.78 is 6.29. The number of Topliss-reactive ketones (excluding diaryl/α,β-unsaturated/α-hetero) is 1. The lowest BCUT2D eigenvalue weighted by Gasteiger charge is -2.43. The third kappa shape index (κ3) is 1.01. The average molecular weight is 263 g/mol. The van der Waals surface area contributed by atoms with Crippen molar-refractivity contribution in [1.29, 1.82) is 0 Å². The Bertz CT molecular complexity index is 486. The summed E-state index contributed by atoms with van der Waals surface area (Å²) >= 11 is 0. The number of fused-ring (bicyclic) bond motifs is 2. The topological polar surface area (TPSA) is 46.6 Å². The van der Waals surface area contributed by atoms with Gasteiger partial charge >= 0.3 is 0 Å². The minimum atomic E-state index is -0.522. The second kappa shape index (κ2) is 3.22. The average Bonchev–Trinajstić information content (AvgIpc) is 2.94. The molecule has 0 spiro atoms. The molecule has 2 aliphatic carbocycles. The standard InChI is InChI=1S/C15H21NO3/c1-6(2)15-11-9-5-8(12(17)13(9)19-15)10(11)14(18)16(15)7(3)4/h6-11,13H,5H2,1-4H3.